The standard InChI is InChI=1S/C25H42ClNO/c1-2-3-4-5-6-7-8-9-10-11-12-13-14-15-22-27-24-19-16-23(17-20-24)18-21-25(26)28/h16-17,19-20,27H,2-15,18,21-22H2,1H3. The molecule has 0 fully saturated rings. The molecule has 0 heterocycles. The molecule has 1 rings (SSSR count). The van der Waals surface area contributed by atoms with E-state index >= 15 is 0 Å². The number of nitrogens with one attached hydrogen (secondary N) is 1. The highest BCUT2D eigenvalue weighted by molar-refractivity contribution is 6.63. The van der Waals surface area contributed by atoms with Gasteiger partial charge in [-0.3, -0.25) is 4.79 Å². The van der Waals surface area contributed by atoms with Crippen LogP contribution in [0, 0.1) is 0 Å². The van der Waals surface area contributed by atoms with E-state index < -0.39 is 0 Å². The SMILES string of the molecule is CCCCCCCCCCCCCCCCNc1ccc(CCC(=O)Cl)cc1. The number of hydrogen-bond donors (Lipinski definition) is 1. The maximum atomic E-state index is 10.8. The molecule has 28 heavy (non-hydrogen) atoms. The molecule has 160 valence electrons. The first-order chi connectivity index (χ1) is 13.7. The van der Waals surface area contributed by atoms with Gasteiger partial charge < -0.3 is 5.32 Å². The van der Waals surface area contributed by atoms with Crippen LogP contribution in [0.3, 0.4) is 0 Å². The Morgan fingerprint density at radius 3 is 1.68 bits per heavy atom. The van der Waals surface area contributed by atoms with Gasteiger partial charge in [0.2, 0.25) is 5.24 Å². The van der Waals surface area contributed by atoms with Crippen LogP contribution in [0.15, 0.2) is 24.3 Å². The van der Waals surface area contributed by atoms with Gasteiger partial charge in [-0.1, -0.05) is 103 Å². The lowest BCUT2D eigenvalue weighted by atomic mass is 10.0. The van der Waals surface area contributed by atoms with Gasteiger partial charge in [-0.25, -0.2) is 0 Å². The summed E-state index contributed by atoms with van der Waals surface area (Å²) in [4.78, 5) is 10.8. The Hall–Kier alpha value is -1.02. The molecule has 0 aliphatic carbocycles. The number of carbonyl (C=O) groups is 1. The van der Waals surface area contributed by atoms with Crippen molar-refractivity contribution in [3.8, 4) is 0 Å². The highest BCUT2D eigenvalue weighted by Gasteiger charge is 1.99. The molecule has 0 spiro atoms. The lowest BCUT2D eigenvalue weighted by Crippen LogP contribution is -2.01. The Labute approximate surface area is 178 Å². The van der Waals surface area contributed by atoms with Crippen molar-refractivity contribution in [1.29, 1.82) is 0 Å². The lowest BCUT2D eigenvalue weighted by molar-refractivity contribution is -0.111. The van der Waals surface area contributed by atoms with E-state index in [0.717, 1.165) is 24.2 Å². The molecular formula is C25H42ClNO. The van der Waals surface area contributed by atoms with Crippen molar-refractivity contribution in [2.75, 3.05) is 11.9 Å². The molecule has 0 aliphatic heterocycles. The molecule has 0 bridgehead atoms. The summed E-state index contributed by atoms with van der Waals surface area (Å²) in [5.74, 6) is 0. The summed E-state index contributed by atoms with van der Waals surface area (Å²) in [6.07, 6.45) is 20.7. The van der Waals surface area contributed by atoms with Crippen molar-refractivity contribution in [1.82, 2.24) is 0 Å². The number of aryl methyl sites for hydroxylation is 1. The van der Waals surface area contributed by atoms with Gasteiger partial charge in [0.1, 0.15) is 0 Å². The normalized spacial score (nSPS) is 10.9. The number of anilines is 1. The number of rotatable bonds is 19. The molecule has 0 aliphatic rings. The minimum atomic E-state index is -0.264. The maximum absolute atomic E-state index is 10.8. The second kappa shape index (κ2) is 18.0. The van der Waals surface area contributed by atoms with Gasteiger partial charge in [0.25, 0.3) is 0 Å². The molecule has 0 saturated heterocycles. The van der Waals surface area contributed by atoms with Gasteiger partial charge in [-0.2, -0.15) is 0 Å². The molecule has 1 aromatic carbocycles. The van der Waals surface area contributed by atoms with Crippen LogP contribution < -0.4 is 5.32 Å². The lowest BCUT2D eigenvalue weighted by Gasteiger charge is -2.07. The van der Waals surface area contributed by atoms with Gasteiger partial charge in [0.05, 0.1) is 0 Å². The van der Waals surface area contributed by atoms with E-state index in [4.69, 9.17) is 11.6 Å². The summed E-state index contributed by atoms with van der Waals surface area (Å²) in [6, 6.07) is 8.34. The largest absolute Gasteiger partial charge is 0.385 e. The predicted octanol–water partition coefficient (Wildman–Crippen LogP) is 8.28. The minimum absolute atomic E-state index is 0.264. The molecular weight excluding hydrogens is 366 g/mol. The first-order valence-electron chi connectivity index (χ1n) is 11.7. The zero-order chi connectivity index (χ0) is 20.3. The average molecular weight is 408 g/mol. The summed E-state index contributed by atoms with van der Waals surface area (Å²) in [7, 11) is 0. The third-order valence-corrected chi connectivity index (χ3v) is 5.61. The summed E-state index contributed by atoms with van der Waals surface area (Å²) >= 11 is 5.39. The minimum Gasteiger partial charge on any atom is -0.385 e. The van der Waals surface area contributed by atoms with Gasteiger partial charge in [0.15, 0.2) is 0 Å². The van der Waals surface area contributed by atoms with E-state index in [0.29, 0.717) is 6.42 Å². The predicted molar refractivity (Wildman–Crippen MR) is 124 cm³/mol. The monoisotopic (exact) mass is 407 g/mol. The van der Waals surface area contributed by atoms with E-state index in [9.17, 15) is 4.79 Å². The van der Waals surface area contributed by atoms with Gasteiger partial charge in [0, 0.05) is 18.7 Å². The molecule has 0 unspecified atom stereocenters. The fourth-order valence-corrected chi connectivity index (χ4v) is 3.68. The van der Waals surface area contributed by atoms with Crippen LogP contribution in [0.25, 0.3) is 0 Å². The molecule has 0 saturated carbocycles. The van der Waals surface area contributed by atoms with Gasteiger partial charge in [-0.15, -0.1) is 0 Å². The zero-order valence-corrected chi connectivity index (χ0v) is 18.9. The number of unbranched alkanes of at least 4 members (excludes halogenated alkanes) is 13. The second-order valence-corrected chi connectivity index (χ2v) is 8.50. The topological polar surface area (TPSA) is 29.1 Å². The van der Waals surface area contributed by atoms with Crippen LogP contribution in [0.1, 0.15) is 109 Å². The van der Waals surface area contributed by atoms with Crippen LogP contribution in [-0.4, -0.2) is 11.8 Å². The molecule has 1 aromatic rings. The Kier molecular flexibility index (Phi) is 16.1. The quantitative estimate of drug-likeness (QED) is 0.184. The Morgan fingerprint density at radius 2 is 1.21 bits per heavy atom. The van der Waals surface area contributed by atoms with Crippen molar-refractivity contribution in [2.24, 2.45) is 0 Å². The fourth-order valence-electron chi connectivity index (χ4n) is 3.58. The molecule has 2 nitrogen and oxygen atoms in total. The first kappa shape index (κ1) is 25.0. The molecule has 0 aromatic heterocycles. The highest BCUT2D eigenvalue weighted by Crippen LogP contribution is 2.14. The van der Waals surface area contributed by atoms with E-state index in [1.54, 1.807) is 0 Å². The van der Waals surface area contributed by atoms with Crippen molar-refractivity contribution in [3.63, 3.8) is 0 Å². The maximum Gasteiger partial charge on any atom is 0.221 e. The summed E-state index contributed by atoms with van der Waals surface area (Å²) in [5, 5.41) is 3.22. The Bertz CT molecular complexity index is 486. The average Bonchev–Trinajstić information content (AvgIpc) is 2.70. The summed E-state index contributed by atoms with van der Waals surface area (Å²) < 4.78 is 0. The molecule has 0 radical (unpaired) electrons. The van der Waals surface area contributed by atoms with Crippen molar-refractivity contribution in [2.45, 2.75) is 110 Å². The first-order valence-corrected chi connectivity index (χ1v) is 12.1. The van der Waals surface area contributed by atoms with Crippen LogP contribution in [0.5, 0.6) is 0 Å². The molecule has 1 N–H and O–H groups in total. The van der Waals surface area contributed by atoms with Gasteiger partial charge >= 0.3 is 0 Å². The van der Waals surface area contributed by atoms with Crippen LogP contribution in [-0.2, 0) is 11.2 Å². The van der Waals surface area contributed by atoms with E-state index in [-0.39, 0.29) is 5.24 Å². The van der Waals surface area contributed by atoms with Crippen molar-refractivity contribution < 1.29 is 4.79 Å². The molecule has 3 heteroatoms. The van der Waals surface area contributed by atoms with Crippen LogP contribution in [0.4, 0.5) is 5.69 Å². The van der Waals surface area contributed by atoms with Crippen LogP contribution in [0.2, 0.25) is 0 Å². The Morgan fingerprint density at radius 1 is 0.750 bits per heavy atom. The smallest absolute Gasteiger partial charge is 0.221 e. The van der Waals surface area contributed by atoms with Gasteiger partial charge in [-0.05, 0) is 42.1 Å². The fraction of sp³-hybridized carbons (Fsp3) is 0.720. The summed E-state index contributed by atoms with van der Waals surface area (Å²) in [6.45, 7) is 3.32. The van der Waals surface area contributed by atoms with E-state index in [2.05, 4.69) is 36.5 Å². The summed E-state index contributed by atoms with van der Waals surface area (Å²) in [5.41, 5.74) is 2.33. The molecule has 0 atom stereocenters. The second-order valence-electron chi connectivity index (χ2n) is 8.08. The van der Waals surface area contributed by atoms with E-state index in [1.165, 1.54) is 89.9 Å². The highest BCUT2D eigenvalue weighted by atomic mass is 35.5. The number of halogens is 1. The zero-order valence-electron chi connectivity index (χ0n) is 18.1. The third kappa shape index (κ3) is 15.0. The number of hydrogen-bond acceptors (Lipinski definition) is 2. The van der Waals surface area contributed by atoms with Crippen LogP contribution >= 0.6 is 11.6 Å². The number of benzene rings is 1. The Balaban J connectivity index is 1.85. The molecule has 0 amide bonds. The van der Waals surface area contributed by atoms with E-state index in [1.807, 2.05) is 0 Å². The van der Waals surface area contributed by atoms with Crippen molar-refractivity contribution in [3.05, 3.63) is 29.8 Å². The van der Waals surface area contributed by atoms with Crippen molar-refractivity contribution >= 4 is 22.5 Å². The third-order valence-electron chi connectivity index (χ3n) is 5.42. The number of carbonyl (C=O) groups excluding carboxylic acids is 1.